The molecular formula is C19H31N3O2. The molecular weight excluding hydrogens is 302 g/mol. The van der Waals surface area contributed by atoms with Gasteiger partial charge in [-0.1, -0.05) is 31.7 Å². The summed E-state index contributed by atoms with van der Waals surface area (Å²) < 4.78 is 10.6. The monoisotopic (exact) mass is 333 g/mol. The number of hydrogen-bond donors (Lipinski definition) is 2. The number of aliphatic imine (C=N–C) groups is 1. The lowest BCUT2D eigenvalue weighted by Crippen LogP contribution is -2.33. The molecule has 5 nitrogen and oxygen atoms in total. The molecule has 5 heteroatoms. The fourth-order valence-electron chi connectivity index (χ4n) is 3.31. The zero-order valence-electron chi connectivity index (χ0n) is 15.0. The van der Waals surface area contributed by atoms with Crippen molar-refractivity contribution in [3.05, 3.63) is 23.8 Å². The molecule has 0 radical (unpaired) electrons. The molecule has 0 aromatic heterocycles. The summed E-state index contributed by atoms with van der Waals surface area (Å²) in [6.45, 7) is 1.58. The number of benzene rings is 1. The standard InChI is InChI=1S/C19H31N3O2/c1-23-17-10-9-16(14-18(17)24-2)11-13-22-19(20)21-12-5-8-15-6-3-4-7-15/h9-10,14-15H,3-8,11-13H2,1-2H3,(H3,20,21,22). The van der Waals surface area contributed by atoms with Crippen molar-refractivity contribution in [1.29, 1.82) is 0 Å². The molecule has 0 unspecified atom stereocenters. The Balaban J connectivity index is 1.66. The smallest absolute Gasteiger partial charge is 0.188 e. The molecule has 3 N–H and O–H groups in total. The number of nitrogens with one attached hydrogen (secondary N) is 1. The lowest BCUT2D eigenvalue weighted by molar-refractivity contribution is 0.354. The Morgan fingerprint density at radius 3 is 2.67 bits per heavy atom. The molecule has 0 saturated heterocycles. The predicted molar refractivity (Wildman–Crippen MR) is 98.9 cm³/mol. The number of hydrogen-bond acceptors (Lipinski definition) is 3. The maximum atomic E-state index is 5.93. The van der Waals surface area contributed by atoms with E-state index in [1.165, 1.54) is 37.7 Å². The molecule has 1 aliphatic rings. The zero-order valence-corrected chi connectivity index (χ0v) is 15.0. The molecule has 0 heterocycles. The van der Waals surface area contributed by atoms with Gasteiger partial charge >= 0.3 is 0 Å². The maximum Gasteiger partial charge on any atom is 0.188 e. The van der Waals surface area contributed by atoms with Crippen LogP contribution < -0.4 is 20.5 Å². The van der Waals surface area contributed by atoms with Crippen LogP contribution in [0.25, 0.3) is 0 Å². The van der Waals surface area contributed by atoms with Gasteiger partial charge in [0.25, 0.3) is 0 Å². The number of nitrogens with zero attached hydrogens (tertiary/aromatic N) is 1. The van der Waals surface area contributed by atoms with Gasteiger partial charge in [-0.2, -0.15) is 0 Å². The van der Waals surface area contributed by atoms with Gasteiger partial charge in [-0.05, 0) is 42.9 Å². The summed E-state index contributed by atoms with van der Waals surface area (Å²) >= 11 is 0. The summed E-state index contributed by atoms with van der Waals surface area (Å²) in [6.07, 6.45) is 8.93. The Morgan fingerprint density at radius 2 is 1.96 bits per heavy atom. The molecule has 1 aromatic carbocycles. The highest BCUT2D eigenvalue weighted by Gasteiger charge is 2.13. The van der Waals surface area contributed by atoms with E-state index >= 15 is 0 Å². The van der Waals surface area contributed by atoms with Crippen molar-refractivity contribution in [1.82, 2.24) is 5.32 Å². The first kappa shape index (κ1) is 18.4. The Labute approximate surface area is 145 Å². The minimum absolute atomic E-state index is 0.543. The number of guanidine groups is 1. The summed E-state index contributed by atoms with van der Waals surface area (Å²) in [5, 5.41) is 3.18. The first-order valence-electron chi connectivity index (χ1n) is 8.97. The van der Waals surface area contributed by atoms with Crippen LogP contribution in [0.4, 0.5) is 0 Å². The summed E-state index contributed by atoms with van der Waals surface area (Å²) in [6, 6.07) is 5.96. The number of methoxy groups -OCH3 is 2. The van der Waals surface area contributed by atoms with Crippen LogP contribution in [-0.2, 0) is 6.42 Å². The van der Waals surface area contributed by atoms with Crippen LogP contribution in [0, 0.1) is 5.92 Å². The second kappa shape index (κ2) is 10.1. The molecule has 1 saturated carbocycles. The van der Waals surface area contributed by atoms with Crippen LogP contribution in [0.15, 0.2) is 23.2 Å². The van der Waals surface area contributed by atoms with Gasteiger partial charge < -0.3 is 20.5 Å². The van der Waals surface area contributed by atoms with Crippen LogP contribution in [0.3, 0.4) is 0 Å². The summed E-state index contributed by atoms with van der Waals surface area (Å²) in [5.74, 6) is 2.97. The highest BCUT2D eigenvalue weighted by molar-refractivity contribution is 5.77. The Bertz CT molecular complexity index is 525. The van der Waals surface area contributed by atoms with Gasteiger partial charge in [-0.15, -0.1) is 0 Å². The van der Waals surface area contributed by atoms with Crippen molar-refractivity contribution in [3.8, 4) is 11.5 Å². The molecule has 0 atom stereocenters. The molecule has 2 rings (SSSR count). The van der Waals surface area contributed by atoms with E-state index in [2.05, 4.69) is 10.3 Å². The topological polar surface area (TPSA) is 68.9 Å². The third-order valence-corrected chi connectivity index (χ3v) is 4.70. The van der Waals surface area contributed by atoms with Gasteiger partial charge in [-0.3, -0.25) is 4.99 Å². The molecule has 0 bridgehead atoms. The fourth-order valence-corrected chi connectivity index (χ4v) is 3.31. The van der Waals surface area contributed by atoms with Gasteiger partial charge in [0.1, 0.15) is 0 Å². The number of rotatable bonds is 9. The van der Waals surface area contributed by atoms with Gasteiger partial charge in [0, 0.05) is 13.1 Å². The largest absolute Gasteiger partial charge is 0.493 e. The predicted octanol–water partition coefficient (Wildman–Crippen LogP) is 3.12. The van der Waals surface area contributed by atoms with E-state index in [-0.39, 0.29) is 0 Å². The van der Waals surface area contributed by atoms with E-state index in [4.69, 9.17) is 15.2 Å². The molecule has 134 valence electrons. The van der Waals surface area contributed by atoms with Crippen LogP contribution in [0.2, 0.25) is 0 Å². The lowest BCUT2D eigenvalue weighted by atomic mass is 10.0. The first-order valence-corrected chi connectivity index (χ1v) is 8.97. The van der Waals surface area contributed by atoms with Crippen LogP contribution in [0.5, 0.6) is 11.5 Å². The van der Waals surface area contributed by atoms with E-state index < -0.39 is 0 Å². The second-order valence-corrected chi connectivity index (χ2v) is 6.43. The van der Waals surface area contributed by atoms with E-state index in [1.54, 1.807) is 14.2 Å². The first-order chi connectivity index (χ1) is 11.7. The van der Waals surface area contributed by atoms with Crippen molar-refractivity contribution < 1.29 is 9.47 Å². The van der Waals surface area contributed by atoms with Crippen molar-refractivity contribution in [2.24, 2.45) is 16.6 Å². The average molecular weight is 333 g/mol. The van der Waals surface area contributed by atoms with Crippen LogP contribution >= 0.6 is 0 Å². The van der Waals surface area contributed by atoms with Gasteiger partial charge in [0.2, 0.25) is 0 Å². The van der Waals surface area contributed by atoms with Crippen LogP contribution in [-0.4, -0.2) is 33.3 Å². The average Bonchev–Trinajstić information content (AvgIpc) is 3.12. The van der Waals surface area contributed by atoms with E-state index in [0.29, 0.717) is 5.96 Å². The maximum absolute atomic E-state index is 5.93. The van der Waals surface area contributed by atoms with Gasteiger partial charge in [0.15, 0.2) is 17.5 Å². The second-order valence-electron chi connectivity index (χ2n) is 6.43. The van der Waals surface area contributed by atoms with Crippen molar-refractivity contribution in [3.63, 3.8) is 0 Å². The van der Waals surface area contributed by atoms with Crippen LogP contribution in [0.1, 0.15) is 44.1 Å². The lowest BCUT2D eigenvalue weighted by Gasteiger charge is -2.10. The minimum atomic E-state index is 0.543. The number of nitrogens with two attached hydrogens (primary N) is 1. The highest BCUT2D eigenvalue weighted by atomic mass is 16.5. The Morgan fingerprint density at radius 1 is 1.21 bits per heavy atom. The minimum Gasteiger partial charge on any atom is -0.493 e. The molecule has 1 fully saturated rings. The SMILES string of the molecule is COc1ccc(CCNC(N)=NCCCC2CCCC2)cc1OC. The highest BCUT2D eigenvalue weighted by Crippen LogP contribution is 2.28. The molecule has 1 aliphatic carbocycles. The molecule has 24 heavy (non-hydrogen) atoms. The summed E-state index contributed by atoms with van der Waals surface area (Å²) in [4.78, 5) is 4.42. The Hall–Kier alpha value is -1.91. The number of ether oxygens (including phenoxy) is 2. The quantitative estimate of drug-likeness (QED) is 0.414. The molecule has 0 amide bonds. The van der Waals surface area contributed by atoms with Gasteiger partial charge in [0.05, 0.1) is 14.2 Å². The summed E-state index contributed by atoms with van der Waals surface area (Å²) in [5.41, 5.74) is 7.10. The zero-order chi connectivity index (χ0) is 17.2. The van der Waals surface area contributed by atoms with E-state index in [0.717, 1.165) is 43.3 Å². The third-order valence-electron chi connectivity index (χ3n) is 4.70. The van der Waals surface area contributed by atoms with Gasteiger partial charge in [-0.25, -0.2) is 0 Å². The normalized spacial score (nSPS) is 15.5. The van der Waals surface area contributed by atoms with Crippen molar-refractivity contribution in [2.75, 3.05) is 27.3 Å². The molecule has 1 aromatic rings. The van der Waals surface area contributed by atoms with Crippen molar-refractivity contribution in [2.45, 2.75) is 44.9 Å². The summed E-state index contributed by atoms with van der Waals surface area (Å²) in [7, 11) is 3.29. The fraction of sp³-hybridized carbons (Fsp3) is 0.632. The molecule has 0 spiro atoms. The molecule has 0 aliphatic heterocycles. The van der Waals surface area contributed by atoms with Crippen molar-refractivity contribution >= 4 is 5.96 Å². The third kappa shape index (κ3) is 5.95. The van der Waals surface area contributed by atoms with E-state index in [1.807, 2.05) is 18.2 Å². The Kier molecular flexibility index (Phi) is 7.72. The van der Waals surface area contributed by atoms with E-state index in [9.17, 15) is 0 Å².